The number of aryl methyl sites for hydroxylation is 1. The lowest BCUT2D eigenvalue weighted by atomic mass is 10.2. The minimum atomic E-state index is -1.02. The molecule has 0 unspecified atom stereocenters. The van der Waals surface area contributed by atoms with Gasteiger partial charge in [0.25, 0.3) is 0 Å². The summed E-state index contributed by atoms with van der Waals surface area (Å²) in [5.74, 6) is -0.650. The lowest BCUT2D eigenvalue weighted by Gasteiger charge is -2.08. The Morgan fingerprint density at radius 1 is 1.38 bits per heavy atom. The van der Waals surface area contributed by atoms with Crippen LogP contribution in [0.4, 0.5) is 5.69 Å². The first-order valence-electron chi connectivity index (χ1n) is 6.04. The zero-order chi connectivity index (χ0) is 15.6. The molecule has 0 atom stereocenters. The number of rotatable bonds is 5. The van der Waals surface area contributed by atoms with Gasteiger partial charge >= 0.3 is 5.97 Å². The minimum Gasteiger partial charge on any atom is -0.478 e. The van der Waals surface area contributed by atoms with Gasteiger partial charge in [-0.2, -0.15) is 0 Å². The van der Waals surface area contributed by atoms with Crippen LogP contribution in [0.1, 0.15) is 32.2 Å². The largest absolute Gasteiger partial charge is 0.478 e. The molecule has 1 amide bonds. The van der Waals surface area contributed by atoms with E-state index in [1.807, 2.05) is 0 Å². The van der Waals surface area contributed by atoms with Crippen molar-refractivity contribution >= 4 is 33.5 Å². The maximum Gasteiger partial charge on any atom is 0.339 e. The van der Waals surface area contributed by atoms with Crippen molar-refractivity contribution in [1.29, 1.82) is 0 Å². The van der Waals surface area contributed by atoms with E-state index in [0.717, 1.165) is 5.69 Å². The number of primary amides is 1. The molecule has 0 aliphatic rings. The molecule has 21 heavy (non-hydrogen) atoms. The maximum atomic E-state index is 11.1. The first-order chi connectivity index (χ1) is 9.88. The number of anilines is 1. The molecule has 0 bridgehead atoms. The zero-order valence-corrected chi connectivity index (χ0v) is 12.7. The van der Waals surface area contributed by atoms with E-state index >= 15 is 0 Å². The highest BCUT2D eigenvalue weighted by atomic mass is 79.9. The number of carbonyl (C=O) groups excluding carboxylic acids is 1. The molecule has 7 heteroatoms. The van der Waals surface area contributed by atoms with E-state index in [-0.39, 0.29) is 5.56 Å². The number of amides is 1. The van der Waals surface area contributed by atoms with Gasteiger partial charge in [-0.15, -0.1) is 0 Å². The van der Waals surface area contributed by atoms with Gasteiger partial charge in [0.05, 0.1) is 6.54 Å². The number of carbonyl (C=O) groups is 2. The number of nitrogens with two attached hydrogens (primary N) is 1. The molecule has 2 aromatic rings. The van der Waals surface area contributed by atoms with Gasteiger partial charge in [0.2, 0.25) is 5.91 Å². The van der Waals surface area contributed by atoms with Crippen molar-refractivity contribution in [2.45, 2.75) is 13.5 Å². The van der Waals surface area contributed by atoms with Crippen LogP contribution in [0.2, 0.25) is 0 Å². The van der Waals surface area contributed by atoms with E-state index in [1.165, 1.54) is 6.07 Å². The fourth-order valence-corrected chi connectivity index (χ4v) is 2.36. The van der Waals surface area contributed by atoms with E-state index in [4.69, 9.17) is 15.3 Å². The Hall–Kier alpha value is -2.28. The molecule has 0 spiro atoms. The van der Waals surface area contributed by atoms with Gasteiger partial charge in [0.1, 0.15) is 17.1 Å². The topological polar surface area (TPSA) is 106 Å². The molecule has 1 heterocycles. The summed E-state index contributed by atoms with van der Waals surface area (Å²) in [7, 11) is 0. The smallest absolute Gasteiger partial charge is 0.339 e. The fraction of sp³-hybridized carbons (Fsp3) is 0.143. The number of nitrogens with one attached hydrogen (secondary N) is 1. The number of benzene rings is 1. The van der Waals surface area contributed by atoms with E-state index in [9.17, 15) is 9.59 Å². The van der Waals surface area contributed by atoms with Crippen molar-refractivity contribution in [3.63, 3.8) is 0 Å². The highest BCUT2D eigenvalue weighted by molar-refractivity contribution is 9.10. The summed E-state index contributed by atoms with van der Waals surface area (Å²) in [6.45, 7) is 1.92. The lowest BCUT2D eigenvalue weighted by molar-refractivity contribution is 0.0694. The third-order valence-corrected chi connectivity index (χ3v) is 3.56. The van der Waals surface area contributed by atoms with Crippen LogP contribution < -0.4 is 11.1 Å². The molecule has 2 rings (SSSR count). The Morgan fingerprint density at radius 3 is 2.62 bits per heavy atom. The van der Waals surface area contributed by atoms with Crippen LogP contribution in [-0.2, 0) is 6.54 Å². The summed E-state index contributed by atoms with van der Waals surface area (Å²) < 4.78 is 6.05. The van der Waals surface area contributed by atoms with Crippen molar-refractivity contribution in [3.05, 3.63) is 51.4 Å². The van der Waals surface area contributed by atoms with Gasteiger partial charge in [0.15, 0.2) is 0 Å². The minimum absolute atomic E-state index is 0.148. The number of hydrogen-bond donors (Lipinski definition) is 3. The number of carboxylic acids is 1. The highest BCUT2D eigenvalue weighted by Crippen LogP contribution is 2.24. The summed E-state index contributed by atoms with van der Waals surface area (Å²) in [5, 5.41) is 12.0. The summed E-state index contributed by atoms with van der Waals surface area (Å²) in [4.78, 5) is 22.0. The predicted octanol–water partition coefficient (Wildman–Crippen LogP) is 2.76. The number of furan rings is 1. The molecule has 0 aliphatic carbocycles. The van der Waals surface area contributed by atoms with Gasteiger partial charge in [-0.25, -0.2) is 4.79 Å². The van der Waals surface area contributed by atoms with E-state index in [0.29, 0.717) is 28.1 Å². The van der Waals surface area contributed by atoms with Crippen LogP contribution in [0.5, 0.6) is 0 Å². The van der Waals surface area contributed by atoms with E-state index in [1.54, 1.807) is 25.1 Å². The van der Waals surface area contributed by atoms with Gasteiger partial charge < -0.3 is 20.6 Å². The van der Waals surface area contributed by atoms with Crippen LogP contribution >= 0.6 is 15.9 Å². The Kier molecular flexibility index (Phi) is 4.32. The lowest BCUT2D eigenvalue weighted by Crippen LogP contribution is -2.11. The molecule has 1 aromatic carbocycles. The molecule has 0 radical (unpaired) electrons. The predicted molar refractivity (Wildman–Crippen MR) is 80.4 cm³/mol. The molecule has 0 saturated carbocycles. The normalized spacial score (nSPS) is 10.4. The Bertz CT molecular complexity index is 709. The van der Waals surface area contributed by atoms with Crippen molar-refractivity contribution in [1.82, 2.24) is 0 Å². The van der Waals surface area contributed by atoms with Crippen molar-refractivity contribution < 1.29 is 19.1 Å². The monoisotopic (exact) mass is 352 g/mol. The van der Waals surface area contributed by atoms with Gasteiger partial charge in [-0.3, -0.25) is 4.79 Å². The van der Waals surface area contributed by atoms with Gasteiger partial charge in [-0.1, -0.05) is 0 Å². The molecule has 4 N–H and O–H groups in total. The molecule has 0 saturated heterocycles. The molecule has 0 aliphatic heterocycles. The average molecular weight is 353 g/mol. The second-order valence-corrected chi connectivity index (χ2v) is 5.25. The van der Waals surface area contributed by atoms with Crippen molar-refractivity contribution in [2.24, 2.45) is 5.73 Å². The molecule has 0 fully saturated rings. The Labute approximate surface area is 129 Å². The third kappa shape index (κ3) is 3.43. The number of halogens is 1. The Balaban J connectivity index is 2.11. The SMILES string of the molecule is Cc1oc(CNc2ccc(C(N)=O)cc2Br)cc1C(=O)O. The van der Waals surface area contributed by atoms with Crippen LogP contribution in [-0.4, -0.2) is 17.0 Å². The van der Waals surface area contributed by atoms with Crippen LogP contribution in [0.15, 0.2) is 33.2 Å². The van der Waals surface area contributed by atoms with E-state index < -0.39 is 11.9 Å². The molecular weight excluding hydrogens is 340 g/mol. The summed E-state index contributed by atoms with van der Waals surface area (Å²) in [6.07, 6.45) is 0. The average Bonchev–Trinajstić information content (AvgIpc) is 2.78. The van der Waals surface area contributed by atoms with Crippen LogP contribution in [0.25, 0.3) is 0 Å². The molecule has 6 nitrogen and oxygen atoms in total. The summed E-state index contributed by atoms with van der Waals surface area (Å²) in [5.41, 5.74) is 6.48. The van der Waals surface area contributed by atoms with Crippen molar-refractivity contribution in [3.8, 4) is 0 Å². The fourth-order valence-electron chi connectivity index (χ4n) is 1.84. The maximum absolute atomic E-state index is 11.1. The second kappa shape index (κ2) is 6.01. The van der Waals surface area contributed by atoms with E-state index in [2.05, 4.69) is 21.2 Å². The standard InChI is InChI=1S/C14H13BrN2O4/c1-7-10(14(19)20)5-9(21-7)6-17-12-3-2-8(13(16)18)4-11(12)15/h2-5,17H,6H2,1H3,(H2,16,18)(H,19,20). The van der Waals surface area contributed by atoms with Crippen molar-refractivity contribution in [2.75, 3.05) is 5.32 Å². The summed E-state index contributed by atoms with van der Waals surface area (Å²) >= 11 is 3.34. The van der Waals surface area contributed by atoms with Crippen LogP contribution in [0.3, 0.4) is 0 Å². The van der Waals surface area contributed by atoms with Crippen LogP contribution in [0, 0.1) is 6.92 Å². The molecule has 110 valence electrons. The second-order valence-electron chi connectivity index (χ2n) is 4.40. The van der Waals surface area contributed by atoms with Gasteiger partial charge in [0, 0.05) is 15.7 Å². The highest BCUT2D eigenvalue weighted by Gasteiger charge is 2.13. The molecule has 1 aromatic heterocycles. The van der Waals surface area contributed by atoms with Gasteiger partial charge in [-0.05, 0) is 47.1 Å². The Morgan fingerprint density at radius 2 is 2.10 bits per heavy atom. The molecular formula is C14H13BrN2O4. The first-order valence-corrected chi connectivity index (χ1v) is 6.83. The number of hydrogen-bond acceptors (Lipinski definition) is 4. The number of aromatic carboxylic acids is 1. The first kappa shape index (κ1) is 15.1. The third-order valence-electron chi connectivity index (χ3n) is 2.91. The zero-order valence-electron chi connectivity index (χ0n) is 11.1. The number of carboxylic acid groups (broad SMARTS) is 1. The quantitative estimate of drug-likeness (QED) is 0.767. The summed E-state index contributed by atoms with van der Waals surface area (Å²) in [6, 6.07) is 6.40.